The van der Waals surface area contributed by atoms with Crippen LogP contribution >= 0.6 is 11.3 Å². The van der Waals surface area contributed by atoms with E-state index in [-0.39, 0.29) is 42.7 Å². The standard InChI is InChI=1S/C69H44F9N3O3S/c70-67(71,72)54-26-7-13-42(33-54)36-60-81-63(51-23-9-19-47(38-51)48-20-10-24-52(39-48)65-61(44-14-3-1-4-15-44)79-59(83-65)31-29-57-27-12-32-85-57)66(84-60)53-25-11-21-49(40-53)46-18-8-22-50(37-46)62-64(45-16-5-2-6-17-45)82-58(80-62)30-28-43-34-55(68(73,74)75)41-56(35-43)69(76,77)78/h1-27,29,31-35,37-41H,28,30,36H2/b31-29+. The van der Waals surface area contributed by atoms with Crippen LogP contribution in [0, 0.1) is 0 Å². The molecule has 0 saturated heterocycles. The fourth-order valence-corrected chi connectivity index (χ4v) is 10.7. The quantitative estimate of drug-likeness (QED) is 0.0952. The number of thiophene rings is 1. The molecular weight excluding hydrogens is 1120 g/mol. The van der Waals surface area contributed by atoms with E-state index in [1.165, 1.54) is 6.07 Å². The van der Waals surface area contributed by atoms with Gasteiger partial charge in [-0.05, 0) is 106 Å². The van der Waals surface area contributed by atoms with Crippen LogP contribution in [0.25, 0.3) is 102 Å². The van der Waals surface area contributed by atoms with Gasteiger partial charge in [0.1, 0.15) is 17.1 Å². The van der Waals surface area contributed by atoms with Crippen molar-refractivity contribution in [1.29, 1.82) is 0 Å². The predicted octanol–water partition coefficient (Wildman–Crippen LogP) is 20.7. The Labute approximate surface area is 484 Å². The van der Waals surface area contributed by atoms with E-state index in [1.807, 2.05) is 163 Å². The molecule has 422 valence electrons. The molecule has 0 fully saturated rings. The number of hydrogen-bond donors (Lipinski definition) is 0. The first-order chi connectivity index (χ1) is 40.9. The second kappa shape index (κ2) is 23.1. The molecule has 8 aromatic carbocycles. The van der Waals surface area contributed by atoms with Crippen molar-refractivity contribution in [1.82, 2.24) is 15.0 Å². The van der Waals surface area contributed by atoms with Gasteiger partial charge in [-0.15, -0.1) is 11.3 Å². The lowest BCUT2D eigenvalue weighted by Gasteiger charge is -2.14. The van der Waals surface area contributed by atoms with Crippen LogP contribution in [-0.4, -0.2) is 15.0 Å². The molecule has 85 heavy (non-hydrogen) atoms. The van der Waals surface area contributed by atoms with Gasteiger partial charge in [0.2, 0.25) is 5.89 Å². The Bertz CT molecular complexity index is 4330. The van der Waals surface area contributed by atoms with Crippen LogP contribution in [0.2, 0.25) is 0 Å². The molecule has 0 aliphatic rings. The molecule has 4 heterocycles. The smallest absolute Gasteiger partial charge is 0.416 e. The van der Waals surface area contributed by atoms with Gasteiger partial charge in [0.15, 0.2) is 29.1 Å². The van der Waals surface area contributed by atoms with Crippen molar-refractivity contribution in [3.63, 3.8) is 0 Å². The van der Waals surface area contributed by atoms with Crippen LogP contribution in [0.5, 0.6) is 0 Å². The molecule has 0 bridgehead atoms. The summed E-state index contributed by atoms with van der Waals surface area (Å²) in [5.74, 6) is 2.01. The van der Waals surface area contributed by atoms with E-state index in [9.17, 15) is 39.5 Å². The lowest BCUT2D eigenvalue weighted by molar-refractivity contribution is -0.143. The van der Waals surface area contributed by atoms with E-state index in [0.29, 0.717) is 80.2 Å². The van der Waals surface area contributed by atoms with Gasteiger partial charge in [-0.3, -0.25) is 0 Å². The first-order valence-electron chi connectivity index (χ1n) is 26.6. The monoisotopic (exact) mass is 1170 g/mol. The largest absolute Gasteiger partial charge is 0.440 e. The average Bonchev–Trinajstić information content (AvgIpc) is 2.87. The number of nitrogens with zero attached hydrogens (tertiary/aromatic N) is 3. The number of aromatic nitrogens is 3. The van der Waals surface area contributed by atoms with Gasteiger partial charge >= 0.3 is 18.5 Å². The summed E-state index contributed by atoms with van der Waals surface area (Å²) in [4.78, 5) is 15.7. The van der Waals surface area contributed by atoms with Crippen molar-refractivity contribution < 1.29 is 52.8 Å². The highest BCUT2D eigenvalue weighted by Crippen LogP contribution is 2.42. The molecule has 6 nitrogen and oxygen atoms in total. The lowest BCUT2D eigenvalue weighted by Crippen LogP contribution is -2.12. The summed E-state index contributed by atoms with van der Waals surface area (Å²) in [7, 11) is 0. The third kappa shape index (κ3) is 12.6. The normalized spacial score (nSPS) is 12.2. The molecular formula is C69H44F9N3O3S. The summed E-state index contributed by atoms with van der Waals surface area (Å²) in [6.45, 7) is 0. The van der Waals surface area contributed by atoms with Crippen molar-refractivity contribution in [2.24, 2.45) is 0 Å². The van der Waals surface area contributed by atoms with E-state index in [1.54, 1.807) is 41.7 Å². The van der Waals surface area contributed by atoms with E-state index >= 15 is 0 Å². The van der Waals surface area contributed by atoms with Crippen LogP contribution in [0.3, 0.4) is 0 Å². The Kier molecular flexibility index (Phi) is 15.1. The maximum atomic E-state index is 13.9. The molecule has 0 unspecified atom stereocenters. The van der Waals surface area contributed by atoms with Gasteiger partial charge in [-0.2, -0.15) is 39.5 Å². The molecule has 0 aliphatic heterocycles. The average molecular weight is 1170 g/mol. The topological polar surface area (TPSA) is 78.1 Å². The number of alkyl halides is 9. The predicted molar refractivity (Wildman–Crippen MR) is 311 cm³/mol. The minimum atomic E-state index is -5.00. The van der Waals surface area contributed by atoms with Crippen LogP contribution in [0.15, 0.2) is 231 Å². The fourth-order valence-electron chi connectivity index (χ4n) is 10.0. The SMILES string of the molecule is FC(F)(F)c1cccc(Cc2nc(-c3cccc(-c4cccc(-c5oc(/C=C/c6cccs6)nc5-c5ccccc5)c4)c3)c(-c3cccc(-c4cccc(-c5nc(CCc6cc(C(F)(F)F)cc(C(F)(F)F)c6)oc5-c5ccccc5)c4)c3)o2)c1. The van der Waals surface area contributed by atoms with Crippen LogP contribution in [0.4, 0.5) is 39.5 Å². The first kappa shape index (κ1) is 55.7. The summed E-state index contributed by atoms with van der Waals surface area (Å²) in [5, 5.41) is 2.00. The Morgan fingerprint density at radius 2 is 0.788 bits per heavy atom. The van der Waals surface area contributed by atoms with Crippen LogP contribution in [0.1, 0.15) is 50.4 Å². The summed E-state index contributed by atoms with van der Waals surface area (Å²) >= 11 is 1.60. The second-order valence-electron chi connectivity index (χ2n) is 20.0. The molecule has 16 heteroatoms. The Morgan fingerprint density at radius 3 is 1.34 bits per heavy atom. The maximum Gasteiger partial charge on any atom is 0.416 e. The number of hydrogen-bond acceptors (Lipinski definition) is 7. The van der Waals surface area contributed by atoms with Crippen molar-refractivity contribution in [2.45, 2.75) is 37.8 Å². The van der Waals surface area contributed by atoms with Gasteiger partial charge in [-0.1, -0.05) is 158 Å². The van der Waals surface area contributed by atoms with Gasteiger partial charge in [0.05, 0.1) is 16.7 Å². The third-order valence-electron chi connectivity index (χ3n) is 14.1. The van der Waals surface area contributed by atoms with Gasteiger partial charge in [0.25, 0.3) is 0 Å². The lowest BCUT2D eigenvalue weighted by atomic mass is 9.96. The summed E-state index contributed by atoms with van der Waals surface area (Å²) in [6, 6.07) is 59.9. The van der Waals surface area contributed by atoms with Crippen molar-refractivity contribution in [2.75, 3.05) is 0 Å². The zero-order valence-corrected chi connectivity index (χ0v) is 45.3. The third-order valence-corrected chi connectivity index (χ3v) is 14.9. The fraction of sp³-hybridized carbons (Fsp3) is 0.0870. The summed E-state index contributed by atoms with van der Waals surface area (Å²) in [6.07, 6.45) is -11.2. The first-order valence-corrected chi connectivity index (χ1v) is 27.5. The highest BCUT2D eigenvalue weighted by molar-refractivity contribution is 7.10. The van der Waals surface area contributed by atoms with Crippen molar-refractivity contribution >= 4 is 23.5 Å². The number of oxazole rings is 3. The molecule has 12 rings (SSSR count). The molecule has 0 radical (unpaired) electrons. The minimum Gasteiger partial charge on any atom is -0.440 e. The van der Waals surface area contributed by atoms with Gasteiger partial charge < -0.3 is 13.3 Å². The van der Waals surface area contributed by atoms with E-state index in [0.717, 1.165) is 50.4 Å². The molecule has 0 saturated carbocycles. The van der Waals surface area contributed by atoms with Crippen LogP contribution in [-0.2, 0) is 37.8 Å². The Morgan fingerprint density at radius 1 is 0.341 bits per heavy atom. The molecule has 0 amide bonds. The highest BCUT2D eigenvalue weighted by Gasteiger charge is 2.37. The van der Waals surface area contributed by atoms with Crippen LogP contribution < -0.4 is 0 Å². The molecule has 4 aromatic heterocycles. The zero-order valence-electron chi connectivity index (χ0n) is 44.4. The molecule has 0 atom stereocenters. The Balaban J connectivity index is 0.896. The number of rotatable bonds is 15. The molecule has 12 aromatic rings. The highest BCUT2D eigenvalue weighted by atomic mass is 32.1. The number of aryl methyl sites for hydroxylation is 2. The van der Waals surface area contributed by atoms with Crippen molar-refractivity contribution in [3.8, 4) is 90.0 Å². The molecule has 0 N–H and O–H groups in total. The van der Waals surface area contributed by atoms with Gasteiger partial charge in [-0.25, -0.2) is 15.0 Å². The summed E-state index contributed by atoms with van der Waals surface area (Å²) in [5.41, 5.74) is 5.37. The molecule has 0 spiro atoms. The number of halogens is 9. The van der Waals surface area contributed by atoms with E-state index < -0.39 is 35.2 Å². The van der Waals surface area contributed by atoms with Crippen molar-refractivity contribution in [3.05, 3.63) is 268 Å². The zero-order chi connectivity index (χ0) is 58.9. The minimum absolute atomic E-state index is 0.0518. The van der Waals surface area contributed by atoms with Gasteiger partial charge in [0, 0.05) is 57.2 Å². The second-order valence-corrected chi connectivity index (χ2v) is 21.0. The Hall–Kier alpha value is -9.80. The summed E-state index contributed by atoms with van der Waals surface area (Å²) < 4.78 is 144. The molecule has 0 aliphatic carbocycles. The number of benzene rings is 8. The van der Waals surface area contributed by atoms with E-state index in [2.05, 4.69) is 0 Å². The van der Waals surface area contributed by atoms with E-state index in [4.69, 9.17) is 28.2 Å². The maximum absolute atomic E-state index is 13.9.